The van der Waals surface area contributed by atoms with Crippen molar-refractivity contribution in [1.29, 1.82) is 0 Å². The van der Waals surface area contributed by atoms with Crippen molar-refractivity contribution in [2.75, 3.05) is 18.8 Å². The summed E-state index contributed by atoms with van der Waals surface area (Å²) in [4.78, 5) is 13.5. The van der Waals surface area contributed by atoms with Crippen molar-refractivity contribution in [3.05, 3.63) is 11.8 Å². The lowest BCUT2D eigenvalue weighted by atomic mass is 10.4. The number of carbonyl (C=O) groups is 1. The summed E-state index contributed by atoms with van der Waals surface area (Å²) in [5.74, 6) is 0.533. The fourth-order valence-corrected chi connectivity index (χ4v) is 1.50. The molecule has 0 radical (unpaired) electrons. The lowest BCUT2D eigenvalue weighted by Crippen LogP contribution is -2.33. The number of aryl methyl sites for hydroxylation is 1. The summed E-state index contributed by atoms with van der Waals surface area (Å²) in [6.07, 6.45) is 0. The summed E-state index contributed by atoms with van der Waals surface area (Å²) in [5.41, 5.74) is 6.45. The minimum atomic E-state index is 0.0752. The molecule has 1 rings (SSSR count). The van der Waals surface area contributed by atoms with Crippen LogP contribution >= 0.6 is 0 Å². The molecule has 0 fully saturated rings. The van der Waals surface area contributed by atoms with E-state index in [-0.39, 0.29) is 12.5 Å². The number of nitrogens with zero attached hydrogens (tertiary/aromatic N) is 3. The maximum Gasteiger partial charge on any atom is 0.244 e. The summed E-state index contributed by atoms with van der Waals surface area (Å²) >= 11 is 0. The van der Waals surface area contributed by atoms with E-state index in [1.807, 2.05) is 20.8 Å². The van der Waals surface area contributed by atoms with Gasteiger partial charge in [-0.15, -0.1) is 0 Å². The number of anilines is 1. The van der Waals surface area contributed by atoms with Crippen LogP contribution < -0.4 is 5.73 Å². The fraction of sp³-hybridized carbons (Fsp3) is 0.600. The average molecular weight is 210 g/mol. The van der Waals surface area contributed by atoms with Crippen molar-refractivity contribution in [3.63, 3.8) is 0 Å². The molecule has 0 saturated heterocycles. The van der Waals surface area contributed by atoms with Gasteiger partial charge in [-0.25, -0.2) is 0 Å². The molecule has 0 saturated carbocycles. The van der Waals surface area contributed by atoms with E-state index in [9.17, 15) is 4.79 Å². The van der Waals surface area contributed by atoms with Crippen LogP contribution in [0.15, 0.2) is 6.07 Å². The normalized spacial score (nSPS) is 10.3. The first-order valence-corrected chi connectivity index (χ1v) is 5.16. The highest BCUT2D eigenvalue weighted by Crippen LogP contribution is 2.04. The largest absolute Gasteiger partial charge is 0.382 e. The van der Waals surface area contributed by atoms with E-state index in [4.69, 9.17) is 5.73 Å². The smallest absolute Gasteiger partial charge is 0.244 e. The molecule has 0 aliphatic heterocycles. The summed E-state index contributed by atoms with van der Waals surface area (Å²) in [7, 11) is 0. The Morgan fingerprint density at radius 3 is 2.53 bits per heavy atom. The Morgan fingerprint density at radius 2 is 2.13 bits per heavy atom. The van der Waals surface area contributed by atoms with Crippen molar-refractivity contribution >= 4 is 11.7 Å². The van der Waals surface area contributed by atoms with Gasteiger partial charge in [-0.1, -0.05) is 0 Å². The van der Waals surface area contributed by atoms with Gasteiger partial charge in [0, 0.05) is 24.8 Å². The average Bonchev–Trinajstić information content (AvgIpc) is 2.47. The molecular weight excluding hydrogens is 192 g/mol. The molecule has 2 N–H and O–H groups in total. The molecule has 0 aliphatic rings. The molecule has 0 aliphatic carbocycles. The highest BCUT2D eigenvalue weighted by molar-refractivity contribution is 5.75. The fourth-order valence-electron chi connectivity index (χ4n) is 1.50. The third-order valence-electron chi connectivity index (χ3n) is 2.40. The Balaban J connectivity index is 2.69. The standard InChI is InChI=1S/C10H18N4O/c1-4-13(5-2)10(15)7-14-8(3)6-9(11)12-14/h6H,4-5,7H2,1-3H3,(H2,11,12). The van der Waals surface area contributed by atoms with Crippen LogP contribution in [0.5, 0.6) is 0 Å². The van der Waals surface area contributed by atoms with Crippen molar-refractivity contribution in [3.8, 4) is 0 Å². The first-order chi connectivity index (χ1) is 7.08. The van der Waals surface area contributed by atoms with Crippen LogP contribution in [0.3, 0.4) is 0 Å². The number of hydrogen-bond donors (Lipinski definition) is 1. The summed E-state index contributed by atoms with van der Waals surface area (Å²) in [5, 5.41) is 4.05. The van der Waals surface area contributed by atoms with Gasteiger partial charge in [0.15, 0.2) is 0 Å². The van der Waals surface area contributed by atoms with Gasteiger partial charge in [0.25, 0.3) is 0 Å². The van der Waals surface area contributed by atoms with Crippen LogP contribution in [0.1, 0.15) is 19.5 Å². The molecule has 84 valence electrons. The van der Waals surface area contributed by atoms with E-state index in [0.717, 1.165) is 18.8 Å². The molecule has 15 heavy (non-hydrogen) atoms. The van der Waals surface area contributed by atoms with Gasteiger partial charge in [-0.3, -0.25) is 9.48 Å². The second-order valence-electron chi connectivity index (χ2n) is 3.43. The predicted octanol–water partition coefficient (Wildman–Crippen LogP) is 0.642. The Hall–Kier alpha value is -1.52. The maximum absolute atomic E-state index is 11.8. The molecular formula is C10H18N4O. The van der Waals surface area contributed by atoms with Crippen LogP contribution in [0.25, 0.3) is 0 Å². The zero-order chi connectivity index (χ0) is 11.4. The predicted molar refractivity (Wildman–Crippen MR) is 59.3 cm³/mol. The number of carbonyl (C=O) groups excluding carboxylic acids is 1. The summed E-state index contributed by atoms with van der Waals surface area (Å²) < 4.78 is 1.63. The number of nitrogen functional groups attached to an aromatic ring is 1. The van der Waals surface area contributed by atoms with Gasteiger partial charge in [-0.05, 0) is 20.8 Å². The van der Waals surface area contributed by atoms with Gasteiger partial charge < -0.3 is 10.6 Å². The number of nitrogens with two attached hydrogens (primary N) is 1. The lowest BCUT2D eigenvalue weighted by molar-refractivity contribution is -0.131. The molecule has 5 nitrogen and oxygen atoms in total. The zero-order valence-electron chi connectivity index (χ0n) is 9.53. The van der Waals surface area contributed by atoms with E-state index in [0.29, 0.717) is 5.82 Å². The SMILES string of the molecule is CCN(CC)C(=O)Cn1nc(N)cc1C. The van der Waals surface area contributed by atoms with Crippen LogP contribution in [0.4, 0.5) is 5.82 Å². The van der Waals surface area contributed by atoms with Gasteiger partial charge in [0.2, 0.25) is 5.91 Å². The van der Waals surface area contributed by atoms with E-state index >= 15 is 0 Å². The van der Waals surface area contributed by atoms with Gasteiger partial charge in [0.05, 0.1) is 0 Å². The van der Waals surface area contributed by atoms with Crippen molar-refractivity contribution in [1.82, 2.24) is 14.7 Å². The molecule has 1 aromatic rings. The quantitative estimate of drug-likeness (QED) is 0.793. The molecule has 0 unspecified atom stereocenters. The van der Waals surface area contributed by atoms with E-state index in [1.54, 1.807) is 15.6 Å². The lowest BCUT2D eigenvalue weighted by Gasteiger charge is -2.18. The van der Waals surface area contributed by atoms with Crippen LogP contribution in [-0.4, -0.2) is 33.7 Å². The molecule has 1 heterocycles. The Bertz CT molecular complexity index is 341. The molecule has 0 aromatic carbocycles. The van der Waals surface area contributed by atoms with Crippen LogP contribution in [0, 0.1) is 6.92 Å². The number of likely N-dealkylation sites (N-methyl/N-ethyl adjacent to an activating group) is 1. The number of aromatic nitrogens is 2. The van der Waals surface area contributed by atoms with Gasteiger partial charge in [0.1, 0.15) is 12.4 Å². The molecule has 0 atom stereocenters. The summed E-state index contributed by atoms with van der Waals surface area (Å²) in [6, 6.07) is 1.76. The first kappa shape index (κ1) is 11.6. The van der Waals surface area contributed by atoms with E-state index in [2.05, 4.69) is 5.10 Å². The topological polar surface area (TPSA) is 64.2 Å². The molecule has 0 spiro atoms. The number of amides is 1. The Morgan fingerprint density at radius 1 is 1.53 bits per heavy atom. The second kappa shape index (κ2) is 4.82. The third-order valence-corrected chi connectivity index (χ3v) is 2.40. The van der Waals surface area contributed by atoms with Crippen LogP contribution in [-0.2, 0) is 11.3 Å². The highest BCUT2D eigenvalue weighted by Gasteiger charge is 2.12. The minimum Gasteiger partial charge on any atom is -0.382 e. The number of rotatable bonds is 4. The monoisotopic (exact) mass is 210 g/mol. The van der Waals surface area contributed by atoms with Gasteiger partial charge in [-0.2, -0.15) is 5.10 Å². The Labute approximate surface area is 89.9 Å². The maximum atomic E-state index is 11.8. The molecule has 5 heteroatoms. The highest BCUT2D eigenvalue weighted by atomic mass is 16.2. The van der Waals surface area contributed by atoms with Crippen LogP contribution in [0.2, 0.25) is 0 Å². The molecule has 1 amide bonds. The number of hydrogen-bond acceptors (Lipinski definition) is 3. The Kier molecular flexibility index (Phi) is 3.71. The van der Waals surface area contributed by atoms with E-state index < -0.39 is 0 Å². The summed E-state index contributed by atoms with van der Waals surface area (Å²) in [6.45, 7) is 7.54. The zero-order valence-corrected chi connectivity index (χ0v) is 9.53. The van der Waals surface area contributed by atoms with Crippen molar-refractivity contribution in [2.24, 2.45) is 0 Å². The molecule has 1 aromatic heterocycles. The van der Waals surface area contributed by atoms with E-state index in [1.165, 1.54) is 0 Å². The second-order valence-corrected chi connectivity index (χ2v) is 3.43. The van der Waals surface area contributed by atoms with Crippen molar-refractivity contribution in [2.45, 2.75) is 27.3 Å². The minimum absolute atomic E-state index is 0.0752. The molecule has 0 bridgehead atoms. The third kappa shape index (κ3) is 2.71. The van der Waals surface area contributed by atoms with Crippen molar-refractivity contribution < 1.29 is 4.79 Å². The first-order valence-electron chi connectivity index (χ1n) is 5.16. The van der Waals surface area contributed by atoms with Gasteiger partial charge >= 0.3 is 0 Å².